The lowest BCUT2D eigenvalue weighted by molar-refractivity contribution is -0.0423. The van der Waals surface area contributed by atoms with Crippen molar-refractivity contribution in [1.29, 1.82) is 0 Å². The molecule has 2 N–H and O–H groups in total. The SMILES string of the molecule is CC1(C)NC[C@@H](CO)O1. The zero-order valence-electron chi connectivity index (χ0n) is 5.85. The smallest absolute Gasteiger partial charge is 0.114 e. The molecule has 0 aromatic rings. The molecule has 0 radical (unpaired) electrons. The number of nitrogens with one attached hydrogen (secondary N) is 1. The summed E-state index contributed by atoms with van der Waals surface area (Å²) in [5.74, 6) is 0. The van der Waals surface area contributed by atoms with E-state index in [1.54, 1.807) is 0 Å². The van der Waals surface area contributed by atoms with Crippen LogP contribution in [0.3, 0.4) is 0 Å². The zero-order valence-corrected chi connectivity index (χ0v) is 5.85. The molecule has 1 saturated heterocycles. The van der Waals surface area contributed by atoms with Gasteiger partial charge in [0.25, 0.3) is 0 Å². The molecule has 9 heavy (non-hydrogen) atoms. The Kier molecular flexibility index (Phi) is 1.75. The van der Waals surface area contributed by atoms with Crippen LogP contribution in [-0.4, -0.2) is 30.1 Å². The average Bonchev–Trinajstić information content (AvgIpc) is 2.10. The van der Waals surface area contributed by atoms with E-state index in [4.69, 9.17) is 9.84 Å². The summed E-state index contributed by atoms with van der Waals surface area (Å²) in [5, 5.41) is 11.7. The third-order valence-corrected chi connectivity index (χ3v) is 1.42. The normalized spacial score (nSPS) is 33.0. The van der Waals surface area contributed by atoms with E-state index in [-0.39, 0.29) is 18.4 Å². The topological polar surface area (TPSA) is 41.5 Å². The van der Waals surface area contributed by atoms with E-state index in [2.05, 4.69) is 5.32 Å². The highest BCUT2D eigenvalue weighted by Gasteiger charge is 2.29. The molecule has 3 nitrogen and oxygen atoms in total. The van der Waals surface area contributed by atoms with Crippen molar-refractivity contribution < 1.29 is 9.84 Å². The first-order valence-corrected chi connectivity index (χ1v) is 3.18. The number of hydrogen-bond acceptors (Lipinski definition) is 3. The van der Waals surface area contributed by atoms with Crippen molar-refractivity contribution in [2.24, 2.45) is 0 Å². The predicted molar refractivity (Wildman–Crippen MR) is 34.0 cm³/mol. The van der Waals surface area contributed by atoms with E-state index in [0.29, 0.717) is 0 Å². The number of hydrogen-bond donors (Lipinski definition) is 2. The van der Waals surface area contributed by atoms with Crippen LogP contribution in [0, 0.1) is 0 Å². The second-order valence-corrected chi connectivity index (χ2v) is 2.81. The van der Waals surface area contributed by atoms with Gasteiger partial charge in [0.2, 0.25) is 0 Å². The molecule has 0 aromatic heterocycles. The monoisotopic (exact) mass is 131 g/mol. The number of aliphatic hydroxyl groups is 1. The van der Waals surface area contributed by atoms with Gasteiger partial charge in [0.05, 0.1) is 12.7 Å². The lowest BCUT2D eigenvalue weighted by Gasteiger charge is -2.17. The second kappa shape index (κ2) is 2.25. The molecule has 3 heteroatoms. The molecule has 0 saturated carbocycles. The molecule has 1 rings (SSSR count). The van der Waals surface area contributed by atoms with Crippen molar-refractivity contribution in [3.63, 3.8) is 0 Å². The van der Waals surface area contributed by atoms with Crippen molar-refractivity contribution in [2.45, 2.75) is 25.7 Å². The number of rotatable bonds is 1. The van der Waals surface area contributed by atoms with Crippen LogP contribution in [0.2, 0.25) is 0 Å². The summed E-state index contributed by atoms with van der Waals surface area (Å²) in [6.45, 7) is 4.76. The predicted octanol–water partition coefficient (Wildman–Crippen LogP) is -0.297. The minimum Gasteiger partial charge on any atom is -0.394 e. The van der Waals surface area contributed by atoms with Crippen LogP contribution in [-0.2, 0) is 4.74 Å². The van der Waals surface area contributed by atoms with Gasteiger partial charge >= 0.3 is 0 Å². The van der Waals surface area contributed by atoms with E-state index < -0.39 is 0 Å². The van der Waals surface area contributed by atoms with Crippen LogP contribution >= 0.6 is 0 Å². The maximum absolute atomic E-state index is 8.63. The van der Waals surface area contributed by atoms with Crippen molar-refractivity contribution in [2.75, 3.05) is 13.2 Å². The van der Waals surface area contributed by atoms with Gasteiger partial charge in [-0.15, -0.1) is 0 Å². The highest BCUT2D eigenvalue weighted by molar-refractivity contribution is 4.78. The van der Waals surface area contributed by atoms with Gasteiger partial charge in [-0.05, 0) is 13.8 Å². The third kappa shape index (κ3) is 1.64. The van der Waals surface area contributed by atoms with E-state index in [0.717, 1.165) is 6.54 Å². The van der Waals surface area contributed by atoms with Crippen LogP contribution in [0.5, 0.6) is 0 Å². The average molecular weight is 131 g/mol. The van der Waals surface area contributed by atoms with E-state index >= 15 is 0 Å². The number of aliphatic hydroxyl groups excluding tert-OH is 1. The second-order valence-electron chi connectivity index (χ2n) is 2.81. The fourth-order valence-corrected chi connectivity index (χ4v) is 0.961. The zero-order chi connectivity index (χ0) is 6.91. The van der Waals surface area contributed by atoms with Crippen molar-refractivity contribution in [3.05, 3.63) is 0 Å². The third-order valence-electron chi connectivity index (χ3n) is 1.42. The van der Waals surface area contributed by atoms with Gasteiger partial charge in [-0.2, -0.15) is 0 Å². The van der Waals surface area contributed by atoms with Crippen molar-refractivity contribution in [1.82, 2.24) is 5.32 Å². The molecule has 0 amide bonds. The molecular formula is C6H13NO2. The molecule has 0 spiro atoms. The summed E-state index contributed by atoms with van der Waals surface area (Å²) in [6, 6.07) is 0. The van der Waals surface area contributed by atoms with E-state index in [1.165, 1.54) is 0 Å². The Morgan fingerprint density at radius 2 is 2.44 bits per heavy atom. The number of ether oxygens (including phenoxy) is 1. The minimum atomic E-state index is -0.243. The van der Waals surface area contributed by atoms with Gasteiger partial charge in [-0.25, -0.2) is 0 Å². The van der Waals surface area contributed by atoms with Gasteiger partial charge in [-0.1, -0.05) is 0 Å². The summed E-state index contributed by atoms with van der Waals surface area (Å²) >= 11 is 0. The first-order chi connectivity index (χ1) is 4.14. The summed E-state index contributed by atoms with van der Waals surface area (Å²) in [5.41, 5.74) is -0.243. The maximum atomic E-state index is 8.63. The highest BCUT2D eigenvalue weighted by Crippen LogP contribution is 2.14. The maximum Gasteiger partial charge on any atom is 0.114 e. The molecule has 1 aliphatic heterocycles. The molecule has 1 fully saturated rings. The largest absolute Gasteiger partial charge is 0.394 e. The van der Waals surface area contributed by atoms with Gasteiger partial charge in [0, 0.05) is 6.54 Å². The van der Waals surface area contributed by atoms with Gasteiger partial charge in [0.15, 0.2) is 0 Å². The Labute approximate surface area is 55.0 Å². The molecule has 0 aliphatic carbocycles. The first kappa shape index (κ1) is 6.99. The molecule has 0 aromatic carbocycles. The standard InChI is InChI=1S/C6H13NO2/c1-6(2)7-3-5(4-8)9-6/h5,7-8H,3-4H2,1-2H3/t5-/m0/s1. The Morgan fingerprint density at radius 1 is 1.78 bits per heavy atom. The molecule has 1 aliphatic rings. The highest BCUT2D eigenvalue weighted by atomic mass is 16.5. The van der Waals surface area contributed by atoms with Gasteiger partial charge in [0.1, 0.15) is 5.72 Å². The summed E-state index contributed by atoms with van der Waals surface area (Å²) in [4.78, 5) is 0. The van der Waals surface area contributed by atoms with Crippen LogP contribution < -0.4 is 5.32 Å². The fraction of sp³-hybridized carbons (Fsp3) is 1.00. The van der Waals surface area contributed by atoms with E-state index in [9.17, 15) is 0 Å². The summed E-state index contributed by atoms with van der Waals surface area (Å²) < 4.78 is 5.34. The van der Waals surface area contributed by atoms with Crippen LogP contribution in [0.25, 0.3) is 0 Å². The van der Waals surface area contributed by atoms with Crippen molar-refractivity contribution >= 4 is 0 Å². The Hall–Kier alpha value is -0.120. The van der Waals surface area contributed by atoms with E-state index in [1.807, 2.05) is 13.8 Å². The Balaban J connectivity index is 2.38. The molecular weight excluding hydrogens is 118 g/mol. The lowest BCUT2D eigenvalue weighted by atomic mass is 10.3. The van der Waals surface area contributed by atoms with Gasteiger partial charge < -0.3 is 9.84 Å². The van der Waals surface area contributed by atoms with Crippen molar-refractivity contribution in [3.8, 4) is 0 Å². The quantitative estimate of drug-likeness (QED) is 0.513. The minimum absolute atomic E-state index is 0.0139. The van der Waals surface area contributed by atoms with Crippen LogP contribution in [0.1, 0.15) is 13.8 Å². The van der Waals surface area contributed by atoms with Crippen LogP contribution in [0.15, 0.2) is 0 Å². The summed E-state index contributed by atoms with van der Waals surface area (Å²) in [6.07, 6.45) is -0.0139. The summed E-state index contributed by atoms with van der Waals surface area (Å²) in [7, 11) is 0. The molecule has 1 heterocycles. The molecule has 0 bridgehead atoms. The lowest BCUT2D eigenvalue weighted by Crippen LogP contribution is -2.33. The Morgan fingerprint density at radius 3 is 2.67 bits per heavy atom. The van der Waals surface area contributed by atoms with Crippen LogP contribution in [0.4, 0.5) is 0 Å². The first-order valence-electron chi connectivity index (χ1n) is 3.18. The fourth-order valence-electron chi connectivity index (χ4n) is 0.961. The van der Waals surface area contributed by atoms with Gasteiger partial charge in [-0.3, -0.25) is 5.32 Å². The molecule has 54 valence electrons. The Bertz CT molecular complexity index is 103. The molecule has 1 atom stereocenters. The molecule has 0 unspecified atom stereocenters.